The van der Waals surface area contributed by atoms with E-state index in [0.29, 0.717) is 42.9 Å². The van der Waals surface area contributed by atoms with Crippen molar-refractivity contribution in [3.63, 3.8) is 0 Å². The van der Waals surface area contributed by atoms with Crippen molar-refractivity contribution in [2.75, 3.05) is 26.7 Å². The summed E-state index contributed by atoms with van der Waals surface area (Å²) in [5, 5.41) is 2.01. The van der Waals surface area contributed by atoms with Gasteiger partial charge in [0.2, 0.25) is 0 Å². The van der Waals surface area contributed by atoms with Crippen molar-refractivity contribution in [1.82, 2.24) is 9.80 Å². The van der Waals surface area contributed by atoms with Crippen LogP contribution in [0.15, 0.2) is 72.8 Å². The van der Waals surface area contributed by atoms with E-state index in [1.54, 1.807) is 15.9 Å². The van der Waals surface area contributed by atoms with Crippen LogP contribution in [-0.4, -0.2) is 68.4 Å². The third kappa shape index (κ3) is 6.55. The number of methoxy groups -OCH3 is 1. The molecule has 2 amide bonds. The summed E-state index contributed by atoms with van der Waals surface area (Å²) in [5.41, 5.74) is 1.85. The second kappa shape index (κ2) is 12.4. The molecule has 3 aromatic carbocycles. The molecule has 9 heteroatoms. The molecule has 0 radical (unpaired) electrons. The van der Waals surface area contributed by atoms with Crippen molar-refractivity contribution in [3.8, 4) is 0 Å². The Bertz CT molecular complexity index is 1520. The zero-order valence-electron chi connectivity index (χ0n) is 27.4. The van der Waals surface area contributed by atoms with Gasteiger partial charge in [-0.25, -0.2) is 9.59 Å². The number of carbonyl (C=O) groups is 3. The number of likely N-dealkylation sites (tertiary alicyclic amines) is 1. The molecule has 0 spiro atoms. The third-order valence-electron chi connectivity index (χ3n) is 8.56. The lowest BCUT2D eigenvalue weighted by Crippen LogP contribution is -2.66. The molecule has 1 saturated heterocycles. The summed E-state index contributed by atoms with van der Waals surface area (Å²) in [7, 11) is -1.53. The Morgan fingerprint density at radius 2 is 1.47 bits per heavy atom. The highest BCUT2D eigenvalue weighted by Crippen LogP contribution is 2.38. The van der Waals surface area contributed by atoms with Crippen LogP contribution >= 0.6 is 0 Å². The summed E-state index contributed by atoms with van der Waals surface area (Å²) in [6.45, 7) is 14.3. The van der Waals surface area contributed by atoms with Crippen LogP contribution in [0.3, 0.4) is 0 Å². The Kier molecular flexibility index (Phi) is 8.97. The number of benzene rings is 3. The molecule has 0 aromatic heterocycles. The number of fused-ring (bicyclic) bond motifs is 1. The van der Waals surface area contributed by atoms with E-state index in [9.17, 15) is 14.4 Å². The molecule has 2 aliphatic heterocycles. The highest BCUT2D eigenvalue weighted by atomic mass is 28.4. The quantitative estimate of drug-likeness (QED) is 0.246. The summed E-state index contributed by atoms with van der Waals surface area (Å²) in [5.74, 6) is -0.380. The van der Waals surface area contributed by atoms with E-state index in [-0.39, 0.29) is 29.6 Å². The minimum atomic E-state index is -2.90. The second-order valence-corrected chi connectivity index (χ2v) is 18.4. The van der Waals surface area contributed by atoms with Crippen LogP contribution in [0, 0.1) is 5.92 Å². The standard InChI is InChI=1S/C36H44N2O6Si/c1-35(2,3)44-34(41)38-21-25(22-38)20-37-23-26-18-31(33(40)42-7)27(19-30(26)32(37)39)24-43-45(36(4,5)6,28-14-10-8-11-15-28)29-16-12-9-13-17-29/h8-19,25H,20-24H2,1-7H3. The van der Waals surface area contributed by atoms with E-state index in [1.165, 1.54) is 7.11 Å². The Hall–Kier alpha value is -3.95. The average molecular weight is 629 g/mol. The molecule has 8 nitrogen and oxygen atoms in total. The zero-order chi connectivity index (χ0) is 32.6. The van der Waals surface area contributed by atoms with Crippen molar-refractivity contribution >= 4 is 36.7 Å². The molecule has 0 bridgehead atoms. The summed E-state index contributed by atoms with van der Waals surface area (Å²) in [4.78, 5) is 42.6. The maximum atomic E-state index is 13.7. The molecule has 2 aliphatic rings. The van der Waals surface area contributed by atoms with Gasteiger partial charge in [-0.3, -0.25) is 4.79 Å². The van der Waals surface area contributed by atoms with Crippen LogP contribution in [0.25, 0.3) is 0 Å². The number of nitrogens with zero attached hydrogens (tertiary/aromatic N) is 2. The average Bonchev–Trinajstić information content (AvgIpc) is 3.27. The van der Waals surface area contributed by atoms with Gasteiger partial charge in [0.25, 0.3) is 14.2 Å². The smallest absolute Gasteiger partial charge is 0.410 e. The van der Waals surface area contributed by atoms with Gasteiger partial charge in [-0.2, -0.15) is 0 Å². The van der Waals surface area contributed by atoms with Crippen LogP contribution in [0.4, 0.5) is 4.79 Å². The number of ether oxygens (including phenoxy) is 2. The molecule has 238 valence electrons. The highest BCUT2D eigenvalue weighted by Gasteiger charge is 2.50. The Balaban J connectivity index is 1.41. The third-order valence-corrected chi connectivity index (χ3v) is 13.5. The number of rotatable bonds is 8. The molecule has 1 fully saturated rings. The molecule has 3 aromatic rings. The second-order valence-electron chi connectivity index (χ2n) is 14.0. The number of hydrogen-bond donors (Lipinski definition) is 0. The first-order valence-corrected chi connectivity index (χ1v) is 17.4. The van der Waals surface area contributed by atoms with E-state index in [2.05, 4.69) is 45.0 Å². The molecular weight excluding hydrogens is 584 g/mol. The van der Waals surface area contributed by atoms with Crippen LogP contribution in [0.2, 0.25) is 5.04 Å². The van der Waals surface area contributed by atoms with E-state index in [1.807, 2.05) is 63.2 Å². The minimum Gasteiger partial charge on any atom is -0.465 e. The van der Waals surface area contributed by atoms with Crippen molar-refractivity contribution in [3.05, 3.63) is 95.1 Å². The first-order chi connectivity index (χ1) is 21.2. The van der Waals surface area contributed by atoms with Crippen LogP contribution in [0.5, 0.6) is 0 Å². The SMILES string of the molecule is COC(=O)c1cc2c(cc1CO[Si](c1ccccc1)(c1ccccc1)C(C)(C)C)C(=O)N(CC1CN(C(=O)OC(C)(C)C)C1)C2. The number of esters is 1. The van der Waals surface area contributed by atoms with E-state index >= 15 is 0 Å². The van der Waals surface area contributed by atoms with E-state index in [0.717, 1.165) is 15.9 Å². The summed E-state index contributed by atoms with van der Waals surface area (Å²) < 4.78 is 17.8. The largest absolute Gasteiger partial charge is 0.465 e. The van der Waals surface area contributed by atoms with Gasteiger partial charge in [-0.1, -0.05) is 81.4 Å². The first kappa shape index (κ1) is 32.4. The van der Waals surface area contributed by atoms with Gasteiger partial charge in [0.1, 0.15) is 5.60 Å². The van der Waals surface area contributed by atoms with E-state index < -0.39 is 19.9 Å². The van der Waals surface area contributed by atoms with Gasteiger partial charge in [0.15, 0.2) is 0 Å². The zero-order valence-corrected chi connectivity index (χ0v) is 28.4. The maximum absolute atomic E-state index is 13.7. The monoisotopic (exact) mass is 628 g/mol. The van der Waals surface area contributed by atoms with Gasteiger partial charge in [-0.05, 0) is 59.4 Å². The predicted octanol–water partition coefficient (Wildman–Crippen LogP) is 5.37. The summed E-state index contributed by atoms with van der Waals surface area (Å²) in [6, 6.07) is 24.2. The lowest BCUT2D eigenvalue weighted by Gasteiger charge is -2.43. The normalized spacial score (nSPS) is 15.5. The lowest BCUT2D eigenvalue weighted by atomic mass is 10.00. The Morgan fingerprint density at radius 3 is 1.98 bits per heavy atom. The fourth-order valence-corrected chi connectivity index (χ4v) is 11.0. The van der Waals surface area contributed by atoms with Gasteiger partial charge < -0.3 is 23.7 Å². The molecule has 0 atom stereocenters. The Morgan fingerprint density at radius 1 is 0.889 bits per heavy atom. The van der Waals surface area contributed by atoms with Crippen LogP contribution < -0.4 is 10.4 Å². The van der Waals surface area contributed by atoms with Crippen molar-refractivity contribution in [1.29, 1.82) is 0 Å². The first-order valence-electron chi connectivity index (χ1n) is 15.5. The summed E-state index contributed by atoms with van der Waals surface area (Å²) >= 11 is 0. The molecule has 2 heterocycles. The van der Waals surface area contributed by atoms with Crippen molar-refractivity contribution in [2.24, 2.45) is 5.92 Å². The molecule has 5 rings (SSSR count). The molecule has 0 N–H and O–H groups in total. The fourth-order valence-electron chi connectivity index (χ4n) is 6.45. The molecule has 45 heavy (non-hydrogen) atoms. The Labute approximate surface area is 267 Å². The van der Waals surface area contributed by atoms with Gasteiger partial charge >= 0.3 is 12.1 Å². The maximum Gasteiger partial charge on any atom is 0.410 e. The number of amides is 2. The molecular formula is C36H44N2O6Si. The van der Waals surface area contributed by atoms with Crippen molar-refractivity contribution < 1.29 is 28.3 Å². The predicted molar refractivity (Wildman–Crippen MR) is 176 cm³/mol. The number of hydrogen-bond acceptors (Lipinski definition) is 6. The lowest BCUT2D eigenvalue weighted by molar-refractivity contribution is -0.00541. The van der Waals surface area contributed by atoms with Crippen LogP contribution in [0.1, 0.15) is 73.4 Å². The summed E-state index contributed by atoms with van der Waals surface area (Å²) in [6.07, 6.45) is -0.331. The highest BCUT2D eigenvalue weighted by molar-refractivity contribution is 6.99. The van der Waals surface area contributed by atoms with Gasteiger partial charge in [0.05, 0.1) is 19.3 Å². The van der Waals surface area contributed by atoms with Crippen molar-refractivity contribution in [2.45, 2.75) is 65.3 Å². The van der Waals surface area contributed by atoms with E-state index in [4.69, 9.17) is 13.9 Å². The van der Waals surface area contributed by atoms with Gasteiger partial charge in [0, 0.05) is 37.7 Å². The molecule has 0 unspecified atom stereocenters. The van der Waals surface area contributed by atoms with Gasteiger partial charge in [-0.15, -0.1) is 0 Å². The minimum absolute atomic E-state index is 0.0798. The molecule has 0 saturated carbocycles. The topological polar surface area (TPSA) is 85.4 Å². The number of carbonyl (C=O) groups excluding carboxylic acids is 3. The molecule has 0 aliphatic carbocycles. The fraction of sp³-hybridized carbons (Fsp3) is 0.417. The van der Waals surface area contributed by atoms with Crippen LogP contribution in [-0.2, 0) is 27.1 Å².